The molecular formula is C8H14N4O2S3. The van der Waals surface area contributed by atoms with Crippen molar-refractivity contribution in [3.8, 4) is 0 Å². The zero-order valence-corrected chi connectivity index (χ0v) is 11.8. The molecule has 96 valence electrons. The van der Waals surface area contributed by atoms with Gasteiger partial charge in [-0.25, -0.2) is 8.42 Å². The third kappa shape index (κ3) is 2.66. The fraction of sp³-hybridized carbons (Fsp3) is 0.750. The molecule has 0 amide bonds. The van der Waals surface area contributed by atoms with Gasteiger partial charge in [-0.1, -0.05) is 6.92 Å². The number of aromatic nitrogens is 2. The minimum Gasteiger partial charge on any atom is -0.367 e. The third-order valence-corrected chi connectivity index (χ3v) is 6.63. The lowest BCUT2D eigenvalue weighted by Crippen LogP contribution is -2.48. The highest BCUT2D eigenvalue weighted by Gasteiger charge is 2.34. The maximum atomic E-state index is 12.0. The van der Waals surface area contributed by atoms with E-state index in [9.17, 15) is 8.42 Å². The van der Waals surface area contributed by atoms with E-state index in [-0.39, 0.29) is 11.7 Å². The Morgan fingerprint density at radius 2 is 2.35 bits per heavy atom. The molecule has 2 heterocycles. The first-order valence-electron chi connectivity index (χ1n) is 5.19. The molecule has 0 aromatic carbocycles. The van der Waals surface area contributed by atoms with Crippen molar-refractivity contribution in [1.82, 2.24) is 9.36 Å². The average Bonchev–Trinajstić information content (AvgIpc) is 2.76. The van der Waals surface area contributed by atoms with E-state index in [1.165, 1.54) is 0 Å². The minimum absolute atomic E-state index is 0.142. The van der Waals surface area contributed by atoms with E-state index in [2.05, 4.69) is 9.36 Å². The molecule has 1 saturated heterocycles. The van der Waals surface area contributed by atoms with Crippen molar-refractivity contribution in [1.29, 1.82) is 0 Å². The molecule has 0 saturated carbocycles. The third-order valence-electron chi connectivity index (χ3n) is 2.58. The second-order valence-corrected chi connectivity index (χ2v) is 7.94. The lowest BCUT2D eigenvalue weighted by atomic mass is 10.5. The van der Waals surface area contributed by atoms with Gasteiger partial charge < -0.3 is 10.6 Å². The number of nitrogen functional groups attached to an aromatic ring is 1. The summed E-state index contributed by atoms with van der Waals surface area (Å²) in [5, 5.41) is 0.100. The molecule has 2 rings (SSSR count). The number of rotatable bonds is 3. The van der Waals surface area contributed by atoms with E-state index in [0.717, 1.165) is 17.3 Å². The average molecular weight is 294 g/mol. The Morgan fingerprint density at radius 3 is 2.94 bits per heavy atom. The van der Waals surface area contributed by atoms with Crippen molar-refractivity contribution < 1.29 is 8.42 Å². The van der Waals surface area contributed by atoms with E-state index >= 15 is 0 Å². The van der Waals surface area contributed by atoms with Crippen LogP contribution in [0.5, 0.6) is 0 Å². The van der Waals surface area contributed by atoms with Crippen molar-refractivity contribution in [3.05, 3.63) is 0 Å². The molecule has 2 N–H and O–H groups in total. The number of hydrogen-bond donors (Lipinski definition) is 1. The second-order valence-electron chi connectivity index (χ2n) is 3.61. The fourth-order valence-electron chi connectivity index (χ4n) is 1.63. The zero-order chi connectivity index (χ0) is 12.5. The first-order chi connectivity index (χ1) is 8.04. The maximum absolute atomic E-state index is 12.0. The molecule has 1 atom stereocenters. The van der Waals surface area contributed by atoms with Gasteiger partial charge in [-0.05, 0) is 0 Å². The first-order valence-corrected chi connectivity index (χ1v) is 8.84. The van der Waals surface area contributed by atoms with Crippen LogP contribution >= 0.6 is 23.3 Å². The summed E-state index contributed by atoms with van der Waals surface area (Å²) in [5.41, 5.74) is 5.48. The molecule has 0 radical (unpaired) electrons. The molecular weight excluding hydrogens is 280 g/mol. The van der Waals surface area contributed by atoms with Crippen LogP contribution in [0.25, 0.3) is 0 Å². The Balaban J connectivity index is 2.30. The quantitative estimate of drug-likeness (QED) is 0.865. The van der Waals surface area contributed by atoms with Gasteiger partial charge in [0, 0.05) is 35.3 Å². The molecule has 0 bridgehead atoms. The molecule has 9 heteroatoms. The molecule has 0 aliphatic carbocycles. The van der Waals surface area contributed by atoms with Crippen molar-refractivity contribution in [2.75, 3.05) is 34.4 Å². The largest absolute Gasteiger partial charge is 0.367 e. The summed E-state index contributed by atoms with van der Waals surface area (Å²) in [6, 6.07) is 0. The van der Waals surface area contributed by atoms with Crippen LogP contribution in [0, 0.1) is 0 Å². The lowest BCUT2D eigenvalue weighted by molar-refractivity contribution is 0.579. The van der Waals surface area contributed by atoms with Gasteiger partial charge >= 0.3 is 0 Å². The van der Waals surface area contributed by atoms with Crippen LogP contribution < -0.4 is 10.6 Å². The Bertz CT molecular complexity index is 487. The standard InChI is InChI=1S/C8H14N4O2S3/c1-2-17(13,14)6-5-15-4-3-12(6)8-10-7(9)11-16-8/h6H,2-5H2,1H3,(H2,9,11). The predicted octanol–water partition coefficient (Wildman–Crippen LogP) is 0.434. The van der Waals surface area contributed by atoms with Crippen molar-refractivity contribution in [3.63, 3.8) is 0 Å². The van der Waals surface area contributed by atoms with Crippen LogP contribution in [-0.2, 0) is 9.84 Å². The SMILES string of the molecule is CCS(=O)(=O)C1CSCCN1c1nc(N)ns1. The van der Waals surface area contributed by atoms with Gasteiger partial charge in [0.05, 0.1) is 0 Å². The van der Waals surface area contributed by atoms with E-state index in [4.69, 9.17) is 5.73 Å². The number of nitrogens with two attached hydrogens (primary N) is 1. The molecule has 1 aromatic rings. The van der Waals surface area contributed by atoms with Gasteiger partial charge in [0.1, 0.15) is 5.37 Å². The normalized spacial score (nSPS) is 21.7. The van der Waals surface area contributed by atoms with Crippen LogP contribution in [0.4, 0.5) is 11.1 Å². The van der Waals surface area contributed by atoms with E-state index in [1.807, 2.05) is 4.90 Å². The van der Waals surface area contributed by atoms with Gasteiger partial charge in [0.2, 0.25) is 11.1 Å². The molecule has 1 fully saturated rings. The highest BCUT2D eigenvalue weighted by Crippen LogP contribution is 2.28. The van der Waals surface area contributed by atoms with Crippen LogP contribution in [0.3, 0.4) is 0 Å². The number of thioether (sulfide) groups is 1. The van der Waals surface area contributed by atoms with Crippen molar-refractivity contribution in [2.24, 2.45) is 0 Å². The number of hydrogen-bond acceptors (Lipinski definition) is 8. The summed E-state index contributed by atoms with van der Waals surface area (Å²) in [5.74, 6) is 1.82. The summed E-state index contributed by atoms with van der Waals surface area (Å²) in [6.07, 6.45) is 0. The molecule has 0 spiro atoms. The summed E-state index contributed by atoms with van der Waals surface area (Å²) >= 11 is 2.81. The summed E-state index contributed by atoms with van der Waals surface area (Å²) in [7, 11) is -3.11. The fourth-order valence-corrected chi connectivity index (χ4v) is 5.34. The predicted molar refractivity (Wildman–Crippen MR) is 72.2 cm³/mol. The van der Waals surface area contributed by atoms with Gasteiger partial charge in [-0.15, -0.1) is 0 Å². The molecule has 1 aliphatic rings. The van der Waals surface area contributed by atoms with Gasteiger partial charge in [0.15, 0.2) is 9.84 Å². The maximum Gasteiger partial charge on any atom is 0.233 e. The Kier molecular flexibility index (Phi) is 3.79. The smallest absolute Gasteiger partial charge is 0.233 e. The lowest BCUT2D eigenvalue weighted by Gasteiger charge is -2.33. The van der Waals surface area contributed by atoms with Crippen molar-refractivity contribution >= 4 is 44.2 Å². The minimum atomic E-state index is -3.11. The highest BCUT2D eigenvalue weighted by molar-refractivity contribution is 8.01. The number of sulfone groups is 1. The summed E-state index contributed by atoms with van der Waals surface area (Å²) in [4.78, 5) is 5.88. The highest BCUT2D eigenvalue weighted by atomic mass is 32.2. The molecule has 1 unspecified atom stereocenters. The zero-order valence-electron chi connectivity index (χ0n) is 9.37. The van der Waals surface area contributed by atoms with E-state index in [0.29, 0.717) is 17.4 Å². The summed E-state index contributed by atoms with van der Waals surface area (Å²) in [6.45, 7) is 2.34. The van der Waals surface area contributed by atoms with Crippen LogP contribution in [0.15, 0.2) is 0 Å². The molecule has 6 nitrogen and oxygen atoms in total. The van der Waals surface area contributed by atoms with E-state index < -0.39 is 15.2 Å². The second kappa shape index (κ2) is 4.99. The van der Waals surface area contributed by atoms with Crippen LogP contribution in [0.2, 0.25) is 0 Å². The number of anilines is 2. The van der Waals surface area contributed by atoms with E-state index in [1.54, 1.807) is 18.7 Å². The van der Waals surface area contributed by atoms with Crippen LogP contribution in [-0.4, -0.2) is 47.0 Å². The Hall–Kier alpha value is -0.540. The number of nitrogens with zero attached hydrogens (tertiary/aromatic N) is 3. The van der Waals surface area contributed by atoms with Gasteiger partial charge in [-0.2, -0.15) is 21.1 Å². The first kappa shape index (κ1) is 12.9. The van der Waals surface area contributed by atoms with Gasteiger partial charge in [0.25, 0.3) is 0 Å². The Labute approximate surface area is 109 Å². The molecule has 1 aromatic heterocycles. The molecule has 17 heavy (non-hydrogen) atoms. The Morgan fingerprint density at radius 1 is 1.59 bits per heavy atom. The monoisotopic (exact) mass is 294 g/mol. The van der Waals surface area contributed by atoms with Gasteiger partial charge in [-0.3, -0.25) is 0 Å². The topological polar surface area (TPSA) is 89.2 Å². The summed E-state index contributed by atoms with van der Waals surface area (Å²) < 4.78 is 27.9. The van der Waals surface area contributed by atoms with Crippen LogP contribution in [0.1, 0.15) is 6.92 Å². The van der Waals surface area contributed by atoms with Crippen molar-refractivity contribution in [2.45, 2.75) is 12.3 Å². The molecule has 1 aliphatic heterocycles.